The molecule has 2 amide bonds. The van der Waals surface area contributed by atoms with Gasteiger partial charge >= 0.3 is 12.3 Å². The number of alkyl halides is 3. The number of nitrogens with one attached hydrogen (secondary N) is 1. The third-order valence-corrected chi connectivity index (χ3v) is 8.29. The van der Waals surface area contributed by atoms with Gasteiger partial charge in [-0.3, -0.25) is 19.6 Å². The van der Waals surface area contributed by atoms with Crippen molar-refractivity contribution in [3.63, 3.8) is 0 Å². The molecule has 9 nitrogen and oxygen atoms in total. The third kappa shape index (κ3) is 5.31. The number of fused-ring (bicyclic) bond motifs is 1. The van der Waals surface area contributed by atoms with Crippen molar-refractivity contribution in [3.8, 4) is 0 Å². The van der Waals surface area contributed by atoms with Crippen LogP contribution in [0.15, 0.2) is 42.2 Å². The maximum atomic E-state index is 13.2. The summed E-state index contributed by atoms with van der Waals surface area (Å²) in [4.78, 5) is 36.5. The molecule has 2 fully saturated rings. The third-order valence-electron chi connectivity index (χ3n) is 7.33. The van der Waals surface area contributed by atoms with E-state index in [9.17, 15) is 33.0 Å². The quantitative estimate of drug-likeness (QED) is 0.428. The lowest BCUT2D eigenvalue weighted by Gasteiger charge is -2.48. The smallest absolute Gasteiger partial charge is 0.416 e. The van der Waals surface area contributed by atoms with Crippen LogP contribution in [0.2, 0.25) is 0 Å². The van der Waals surface area contributed by atoms with E-state index < -0.39 is 35.9 Å². The minimum atomic E-state index is -4.61. The van der Waals surface area contributed by atoms with Crippen molar-refractivity contribution in [3.05, 3.63) is 52.6 Å². The van der Waals surface area contributed by atoms with Crippen LogP contribution in [-0.4, -0.2) is 68.8 Å². The molecule has 3 heterocycles. The Labute approximate surface area is 219 Å². The van der Waals surface area contributed by atoms with Crippen LogP contribution in [0.1, 0.15) is 36.1 Å². The molecule has 2 aliphatic rings. The van der Waals surface area contributed by atoms with Gasteiger partial charge in [0, 0.05) is 36.9 Å². The van der Waals surface area contributed by atoms with Crippen LogP contribution in [0.5, 0.6) is 0 Å². The van der Waals surface area contributed by atoms with E-state index in [-0.39, 0.29) is 23.3 Å². The summed E-state index contributed by atoms with van der Waals surface area (Å²) in [6.07, 6.45) is -0.205. The molecule has 1 aliphatic carbocycles. The Bertz CT molecular complexity index is 1320. The summed E-state index contributed by atoms with van der Waals surface area (Å²) in [5.74, 6) is -0.798. The Balaban J connectivity index is 1.18. The number of hydrogen-bond acceptors (Lipinski definition) is 7. The summed E-state index contributed by atoms with van der Waals surface area (Å²) >= 11 is 1.45. The number of carbonyl (C=O) groups is 2. The molecule has 1 saturated heterocycles. The van der Waals surface area contributed by atoms with Crippen molar-refractivity contribution in [2.24, 2.45) is 0 Å². The van der Waals surface area contributed by atoms with Gasteiger partial charge in [-0.05, 0) is 49.3 Å². The lowest BCUT2D eigenvalue weighted by atomic mass is 9.80. The van der Waals surface area contributed by atoms with E-state index in [1.54, 1.807) is 11.7 Å². The van der Waals surface area contributed by atoms with Crippen molar-refractivity contribution in [2.75, 3.05) is 24.5 Å². The van der Waals surface area contributed by atoms with Gasteiger partial charge in [0.05, 0.1) is 22.0 Å². The van der Waals surface area contributed by atoms with Gasteiger partial charge < -0.3 is 15.5 Å². The summed E-state index contributed by atoms with van der Waals surface area (Å²) in [7, 11) is 0. The van der Waals surface area contributed by atoms with Gasteiger partial charge in [0.25, 0.3) is 0 Å². The van der Waals surface area contributed by atoms with Gasteiger partial charge in [-0.1, -0.05) is 6.07 Å². The number of halogens is 3. The topological polar surface area (TPSA) is 119 Å². The zero-order valence-electron chi connectivity index (χ0n) is 20.2. The Kier molecular flexibility index (Phi) is 7.01. The second-order valence-corrected chi connectivity index (χ2v) is 10.7. The number of likely N-dealkylation sites (tertiary alicyclic amines) is 1. The molecule has 1 aromatic carbocycles. The number of aromatic nitrogens is 2. The minimum absolute atomic E-state index is 0.0112. The molecule has 0 spiro atoms. The zero-order chi connectivity index (χ0) is 27.1. The molecule has 1 aliphatic heterocycles. The number of anilines is 1. The number of benzene rings is 1. The molecular weight excluding hydrogens is 523 g/mol. The number of nitrogens with zero attached hydrogens (tertiary/aromatic N) is 4. The highest BCUT2D eigenvalue weighted by molar-refractivity contribution is 7.09. The molecule has 0 unspecified atom stereocenters. The molecule has 202 valence electrons. The second kappa shape index (κ2) is 10.1. The number of carbonyl (C=O) groups excluding carboxylic acids is 1. The SMILES string of the molecule is O=C(CN(C(=O)O)c1nccc2ccc(C(F)(F)F)cc12)NC1CN(C2CCC(O)(c3cncs3)CC2)C1. The summed E-state index contributed by atoms with van der Waals surface area (Å²) in [5.41, 5.74) is -0.0618. The number of carboxylic acid groups (broad SMARTS) is 1. The largest absolute Gasteiger partial charge is 0.465 e. The number of pyridine rings is 1. The fraction of sp³-hybridized carbons (Fsp3) is 0.440. The van der Waals surface area contributed by atoms with Crippen LogP contribution >= 0.6 is 11.3 Å². The highest BCUT2D eigenvalue weighted by Gasteiger charge is 2.41. The first-order valence-electron chi connectivity index (χ1n) is 12.1. The first-order valence-corrected chi connectivity index (χ1v) is 13.0. The molecule has 0 atom stereocenters. The molecule has 3 aromatic rings. The highest BCUT2D eigenvalue weighted by atomic mass is 32.1. The average Bonchev–Trinajstić information content (AvgIpc) is 3.40. The molecule has 13 heteroatoms. The van der Waals surface area contributed by atoms with Gasteiger partial charge in [-0.15, -0.1) is 11.3 Å². The molecule has 0 bridgehead atoms. The molecule has 38 heavy (non-hydrogen) atoms. The fourth-order valence-electron chi connectivity index (χ4n) is 5.23. The van der Waals surface area contributed by atoms with Crippen molar-refractivity contribution in [1.29, 1.82) is 0 Å². The predicted molar refractivity (Wildman–Crippen MR) is 134 cm³/mol. The van der Waals surface area contributed by atoms with Gasteiger partial charge in [0.1, 0.15) is 18.0 Å². The first-order chi connectivity index (χ1) is 18.0. The van der Waals surface area contributed by atoms with Crippen molar-refractivity contribution in [1.82, 2.24) is 20.2 Å². The van der Waals surface area contributed by atoms with Crippen LogP contribution in [0.3, 0.4) is 0 Å². The maximum absolute atomic E-state index is 13.2. The Morgan fingerprint density at radius 2 is 1.95 bits per heavy atom. The second-order valence-electron chi connectivity index (χ2n) is 9.78. The van der Waals surface area contributed by atoms with Gasteiger partial charge in [0.15, 0.2) is 0 Å². The van der Waals surface area contributed by atoms with Gasteiger partial charge in [-0.2, -0.15) is 13.2 Å². The lowest BCUT2D eigenvalue weighted by Crippen LogP contribution is -2.63. The van der Waals surface area contributed by atoms with Crippen molar-refractivity contribution >= 4 is 39.9 Å². The van der Waals surface area contributed by atoms with Crippen LogP contribution in [0.4, 0.5) is 23.8 Å². The Hall–Kier alpha value is -3.29. The molecule has 2 aromatic heterocycles. The zero-order valence-corrected chi connectivity index (χ0v) is 21.0. The van der Waals surface area contributed by atoms with Gasteiger partial charge in [0.2, 0.25) is 5.91 Å². The fourth-order valence-corrected chi connectivity index (χ4v) is 6.01. The van der Waals surface area contributed by atoms with E-state index in [1.165, 1.54) is 29.7 Å². The van der Waals surface area contributed by atoms with E-state index >= 15 is 0 Å². The average molecular weight is 550 g/mol. The summed E-state index contributed by atoms with van der Waals surface area (Å²) in [6, 6.07) is 4.60. The van der Waals surface area contributed by atoms with E-state index in [4.69, 9.17) is 0 Å². The first kappa shape index (κ1) is 26.3. The van der Waals surface area contributed by atoms with E-state index in [0.29, 0.717) is 36.2 Å². The maximum Gasteiger partial charge on any atom is 0.416 e. The van der Waals surface area contributed by atoms with Crippen molar-refractivity contribution < 1.29 is 33.0 Å². The number of hydrogen-bond donors (Lipinski definition) is 3. The summed E-state index contributed by atoms with van der Waals surface area (Å²) in [6.45, 7) is 0.605. The Morgan fingerprint density at radius 1 is 1.21 bits per heavy atom. The molecule has 5 rings (SSSR count). The highest BCUT2D eigenvalue weighted by Crippen LogP contribution is 2.41. The predicted octanol–water partition coefficient (Wildman–Crippen LogP) is 3.83. The number of amides is 2. The minimum Gasteiger partial charge on any atom is -0.465 e. The Morgan fingerprint density at radius 3 is 2.58 bits per heavy atom. The van der Waals surface area contributed by atoms with Crippen LogP contribution in [0, 0.1) is 0 Å². The van der Waals surface area contributed by atoms with E-state index in [1.807, 2.05) is 0 Å². The van der Waals surface area contributed by atoms with E-state index in [2.05, 4.69) is 20.2 Å². The summed E-state index contributed by atoms with van der Waals surface area (Å²) in [5, 5.41) is 23.8. The molecule has 1 saturated carbocycles. The standard InChI is InChI=1S/C25H26F3N5O4S/c26-25(27,28)16-2-1-15-5-8-30-22(19(15)9-16)33(23(35)36)13-21(34)31-17-11-32(12-17)18-3-6-24(37,7-4-18)20-10-29-14-38-20/h1-2,5,8-10,14,17-18,37H,3-4,6-7,11-13H2,(H,31,34)(H,35,36). The van der Waals surface area contributed by atoms with Crippen molar-refractivity contribution in [2.45, 2.75) is 49.5 Å². The molecule has 0 radical (unpaired) electrons. The van der Waals surface area contributed by atoms with Crippen LogP contribution < -0.4 is 10.2 Å². The van der Waals surface area contributed by atoms with Crippen LogP contribution in [-0.2, 0) is 16.6 Å². The van der Waals surface area contributed by atoms with Crippen LogP contribution in [0.25, 0.3) is 10.8 Å². The monoisotopic (exact) mass is 549 g/mol. The molecule has 3 N–H and O–H groups in total. The number of aliphatic hydroxyl groups is 1. The number of thiazole rings is 1. The normalized spacial score (nSPS) is 22.7. The molecular formula is C25H26F3N5O4S. The lowest BCUT2D eigenvalue weighted by molar-refractivity contribution is -0.137. The van der Waals surface area contributed by atoms with Gasteiger partial charge in [-0.25, -0.2) is 9.78 Å². The number of rotatable bonds is 6. The van der Waals surface area contributed by atoms with E-state index in [0.717, 1.165) is 29.9 Å². The summed E-state index contributed by atoms with van der Waals surface area (Å²) < 4.78 is 39.7.